The Bertz CT molecular complexity index is 369. The van der Waals surface area contributed by atoms with E-state index in [9.17, 15) is 8.78 Å². The zero-order chi connectivity index (χ0) is 10.5. The summed E-state index contributed by atoms with van der Waals surface area (Å²) >= 11 is 0. The summed E-state index contributed by atoms with van der Waals surface area (Å²) in [6, 6.07) is 1.22. The van der Waals surface area contributed by atoms with Crippen molar-refractivity contribution in [2.45, 2.75) is 32.2 Å². The molecule has 0 radical (unpaired) electrons. The van der Waals surface area contributed by atoms with E-state index in [1.165, 1.54) is 6.07 Å². The van der Waals surface area contributed by atoms with Gasteiger partial charge in [-0.25, -0.2) is 8.78 Å². The van der Waals surface area contributed by atoms with Crippen LogP contribution in [0.1, 0.15) is 29.5 Å². The molecule has 2 N–H and O–H groups in total. The standard InChI is InChI=1S/C11H13F2N/c1-6-5-8(12)7(2)9(10(6)13)11(14)3-4-11/h5H,3-4,14H2,1-2H3. The molecule has 0 atom stereocenters. The van der Waals surface area contributed by atoms with Gasteiger partial charge in [-0.3, -0.25) is 0 Å². The maximum atomic E-state index is 13.7. The summed E-state index contributed by atoms with van der Waals surface area (Å²) < 4.78 is 27.1. The topological polar surface area (TPSA) is 26.0 Å². The predicted octanol–water partition coefficient (Wildman–Crippen LogP) is 2.53. The molecule has 1 aromatic carbocycles. The van der Waals surface area contributed by atoms with E-state index in [-0.39, 0.29) is 11.6 Å². The molecular formula is C11H13F2N. The summed E-state index contributed by atoms with van der Waals surface area (Å²) in [7, 11) is 0. The van der Waals surface area contributed by atoms with Gasteiger partial charge in [-0.2, -0.15) is 0 Å². The molecule has 0 saturated heterocycles. The van der Waals surface area contributed by atoms with Crippen molar-refractivity contribution >= 4 is 0 Å². The molecule has 0 heterocycles. The van der Waals surface area contributed by atoms with Gasteiger partial charge >= 0.3 is 0 Å². The second-order valence-electron chi connectivity index (χ2n) is 4.15. The normalized spacial score (nSPS) is 18.4. The van der Waals surface area contributed by atoms with Crippen molar-refractivity contribution in [3.63, 3.8) is 0 Å². The highest BCUT2D eigenvalue weighted by molar-refractivity contribution is 5.41. The van der Waals surface area contributed by atoms with Crippen molar-refractivity contribution in [3.05, 3.63) is 34.4 Å². The Labute approximate surface area is 81.9 Å². The van der Waals surface area contributed by atoms with Gasteiger partial charge in [0.05, 0.1) is 0 Å². The molecule has 1 aliphatic carbocycles. The molecule has 0 bridgehead atoms. The van der Waals surface area contributed by atoms with Crippen LogP contribution >= 0.6 is 0 Å². The second kappa shape index (κ2) is 2.76. The quantitative estimate of drug-likeness (QED) is 0.735. The van der Waals surface area contributed by atoms with E-state index in [4.69, 9.17) is 5.73 Å². The van der Waals surface area contributed by atoms with Crippen LogP contribution in [0.5, 0.6) is 0 Å². The lowest BCUT2D eigenvalue weighted by Crippen LogP contribution is -2.23. The Hall–Kier alpha value is -0.960. The third-order valence-corrected chi connectivity index (χ3v) is 2.93. The highest BCUT2D eigenvalue weighted by Gasteiger charge is 2.44. The van der Waals surface area contributed by atoms with Crippen LogP contribution in [0.25, 0.3) is 0 Å². The lowest BCUT2D eigenvalue weighted by atomic mass is 9.96. The molecule has 0 unspecified atom stereocenters. The first kappa shape index (κ1) is 9.59. The molecule has 0 amide bonds. The van der Waals surface area contributed by atoms with Gasteiger partial charge in [0, 0.05) is 11.1 Å². The van der Waals surface area contributed by atoms with Crippen LogP contribution in [-0.4, -0.2) is 0 Å². The van der Waals surface area contributed by atoms with E-state index in [1.54, 1.807) is 13.8 Å². The zero-order valence-corrected chi connectivity index (χ0v) is 8.32. The van der Waals surface area contributed by atoms with Crippen LogP contribution in [-0.2, 0) is 5.54 Å². The van der Waals surface area contributed by atoms with E-state index < -0.39 is 5.54 Å². The van der Waals surface area contributed by atoms with Gasteiger partial charge < -0.3 is 5.73 Å². The highest BCUT2D eigenvalue weighted by Crippen LogP contribution is 2.46. The van der Waals surface area contributed by atoms with Gasteiger partial charge in [0.2, 0.25) is 0 Å². The second-order valence-corrected chi connectivity index (χ2v) is 4.15. The summed E-state index contributed by atoms with van der Waals surface area (Å²) in [4.78, 5) is 0. The van der Waals surface area contributed by atoms with Gasteiger partial charge in [0.1, 0.15) is 11.6 Å². The fourth-order valence-electron chi connectivity index (χ4n) is 1.82. The third kappa shape index (κ3) is 1.23. The predicted molar refractivity (Wildman–Crippen MR) is 50.9 cm³/mol. The molecule has 1 aliphatic rings. The van der Waals surface area contributed by atoms with Crippen LogP contribution in [0.4, 0.5) is 8.78 Å². The minimum Gasteiger partial charge on any atom is -0.321 e. The lowest BCUT2D eigenvalue weighted by Gasteiger charge is -2.16. The molecule has 0 spiro atoms. The van der Waals surface area contributed by atoms with E-state index in [2.05, 4.69) is 0 Å². The van der Waals surface area contributed by atoms with Crippen LogP contribution in [0.2, 0.25) is 0 Å². The summed E-state index contributed by atoms with van der Waals surface area (Å²) in [5.41, 5.74) is 6.35. The average molecular weight is 197 g/mol. The summed E-state index contributed by atoms with van der Waals surface area (Å²) in [6.45, 7) is 3.15. The molecule has 0 aromatic heterocycles. The van der Waals surface area contributed by atoms with Crippen molar-refractivity contribution in [2.75, 3.05) is 0 Å². The first-order chi connectivity index (χ1) is 6.46. The van der Waals surface area contributed by atoms with E-state index >= 15 is 0 Å². The fraction of sp³-hybridized carbons (Fsp3) is 0.455. The van der Waals surface area contributed by atoms with Gasteiger partial charge in [-0.05, 0) is 43.9 Å². The smallest absolute Gasteiger partial charge is 0.131 e. The number of aryl methyl sites for hydroxylation is 1. The van der Waals surface area contributed by atoms with Gasteiger partial charge in [0.25, 0.3) is 0 Å². The van der Waals surface area contributed by atoms with Crippen molar-refractivity contribution in [3.8, 4) is 0 Å². The van der Waals surface area contributed by atoms with Crippen LogP contribution in [0, 0.1) is 25.5 Å². The maximum absolute atomic E-state index is 13.7. The zero-order valence-electron chi connectivity index (χ0n) is 8.32. The summed E-state index contributed by atoms with van der Waals surface area (Å²) in [6.07, 6.45) is 1.49. The van der Waals surface area contributed by atoms with Crippen LogP contribution in [0.15, 0.2) is 6.07 Å². The van der Waals surface area contributed by atoms with Crippen molar-refractivity contribution < 1.29 is 8.78 Å². The molecule has 1 saturated carbocycles. The van der Waals surface area contributed by atoms with Crippen molar-refractivity contribution in [1.29, 1.82) is 0 Å². The maximum Gasteiger partial charge on any atom is 0.131 e. The molecule has 0 aliphatic heterocycles. The lowest BCUT2D eigenvalue weighted by molar-refractivity contribution is 0.543. The molecule has 3 heteroatoms. The third-order valence-electron chi connectivity index (χ3n) is 2.93. The minimum atomic E-state index is -0.610. The Balaban J connectivity index is 2.68. The first-order valence-corrected chi connectivity index (χ1v) is 4.70. The number of rotatable bonds is 1. The Morgan fingerprint density at radius 1 is 1.29 bits per heavy atom. The summed E-state index contributed by atoms with van der Waals surface area (Å²) in [5.74, 6) is -0.709. The van der Waals surface area contributed by atoms with Gasteiger partial charge in [0.15, 0.2) is 0 Å². The molecule has 1 aromatic rings. The molecule has 2 rings (SSSR count). The molecule has 76 valence electrons. The van der Waals surface area contributed by atoms with Gasteiger partial charge in [-0.1, -0.05) is 0 Å². The van der Waals surface area contributed by atoms with Crippen molar-refractivity contribution in [2.24, 2.45) is 5.73 Å². The number of halogens is 2. The SMILES string of the molecule is Cc1cc(F)c(C)c(C2(N)CC2)c1F. The monoisotopic (exact) mass is 197 g/mol. The number of hydrogen-bond donors (Lipinski definition) is 1. The number of nitrogens with two attached hydrogens (primary N) is 1. The van der Waals surface area contributed by atoms with Crippen molar-refractivity contribution in [1.82, 2.24) is 0 Å². The van der Waals surface area contributed by atoms with E-state index in [1.807, 2.05) is 0 Å². The Morgan fingerprint density at radius 3 is 2.36 bits per heavy atom. The highest BCUT2D eigenvalue weighted by atomic mass is 19.1. The molecule has 1 fully saturated rings. The van der Waals surface area contributed by atoms with Crippen LogP contribution < -0.4 is 5.73 Å². The number of hydrogen-bond acceptors (Lipinski definition) is 1. The first-order valence-electron chi connectivity index (χ1n) is 4.70. The molecule has 14 heavy (non-hydrogen) atoms. The number of benzene rings is 1. The fourth-order valence-corrected chi connectivity index (χ4v) is 1.82. The van der Waals surface area contributed by atoms with Gasteiger partial charge in [-0.15, -0.1) is 0 Å². The van der Waals surface area contributed by atoms with E-state index in [0.29, 0.717) is 16.7 Å². The molecule has 1 nitrogen and oxygen atoms in total. The van der Waals surface area contributed by atoms with E-state index in [0.717, 1.165) is 12.8 Å². The minimum absolute atomic E-state index is 0.333. The average Bonchev–Trinajstić information content (AvgIpc) is 2.81. The summed E-state index contributed by atoms with van der Waals surface area (Å²) in [5, 5.41) is 0. The Morgan fingerprint density at radius 2 is 1.86 bits per heavy atom. The van der Waals surface area contributed by atoms with Crippen LogP contribution in [0.3, 0.4) is 0 Å². The largest absolute Gasteiger partial charge is 0.321 e. The molecular weight excluding hydrogens is 184 g/mol. The Kier molecular flexibility index (Phi) is 1.89.